The molecule has 1 N–H and O–H groups in total. The van der Waals surface area contributed by atoms with Crippen molar-refractivity contribution in [1.29, 1.82) is 0 Å². The van der Waals surface area contributed by atoms with Crippen LogP contribution < -0.4 is 9.47 Å². The van der Waals surface area contributed by atoms with Gasteiger partial charge in [0, 0.05) is 26.3 Å². The van der Waals surface area contributed by atoms with E-state index in [1.54, 1.807) is 24.3 Å². The van der Waals surface area contributed by atoms with Crippen LogP contribution in [0.2, 0.25) is 0 Å². The van der Waals surface area contributed by atoms with Crippen LogP contribution in [0.5, 0.6) is 11.8 Å². The van der Waals surface area contributed by atoms with Crippen molar-refractivity contribution in [3.8, 4) is 22.9 Å². The number of carbonyl (C=O) groups excluding carboxylic acids is 2. The Bertz CT molecular complexity index is 1470. The molecule has 0 spiro atoms. The molecule has 0 aliphatic heterocycles. The Morgan fingerprint density at radius 3 is 2.14 bits per heavy atom. The van der Waals surface area contributed by atoms with Gasteiger partial charge in [0.1, 0.15) is 11.3 Å². The molecule has 0 aliphatic carbocycles. The fourth-order valence-corrected chi connectivity index (χ4v) is 3.93. The summed E-state index contributed by atoms with van der Waals surface area (Å²) < 4.78 is 12.4. The van der Waals surface area contributed by atoms with Crippen LogP contribution in [0.1, 0.15) is 55.4 Å². The third-order valence-corrected chi connectivity index (χ3v) is 5.39. The highest BCUT2D eigenvalue weighted by Gasteiger charge is 2.24. The summed E-state index contributed by atoms with van der Waals surface area (Å²) in [6.45, 7) is 6.76. The minimum Gasteiger partial charge on any atom is -0.478 e. The van der Waals surface area contributed by atoms with Crippen LogP contribution in [-0.2, 0) is 16.1 Å². The first-order valence-electron chi connectivity index (χ1n) is 11.2. The van der Waals surface area contributed by atoms with Crippen molar-refractivity contribution in [3.63, 3.8) is 0 Å². The van der Waals surface area contributed by atoms with Crippen molar-refractivity contribution in [2.75, 3.05) is 0 Å². The van der Waals surface area contributed by atoms with E-state index in [4.69, 9.17) is 9.47 Å². The first-order chi connectivity index (χ1) is 17.2. The standard InChI is InChI=1S/C26H24N4O6/c1-14(2)23-27-21-22(25(36-16(4)32)29-28-24(21)35-15(3)31)30(23)13-17-9-11-18(12-10-17)19-7-5-6-8-20(19)26(33)34/h5-12,14H,13H2,1-4H3,(H,33,34). The van der Waals surface area contributed by atoms with Crippen molar-refractivity contribution in [3.05, 3.63) is 65.5 Å². The van der Waals surface area contributed by atoms with Gasteiger partial charge in [-0.1, -0.05) is 56.3 Å². The highest BCUT2D eigenvalue weighted by molar-refractivity contribution is 5.96. The fourth-order valence-electron chi connectivity index (χ4n) is 3.93. The maximum absolute atomic E-state index is 11.7. The van der Waals surface area contributed by atoms with Crippen LogP contribution in [0.3, 0.4) is 0 Å². The summed E-state index contributed by atoms with van der Waals surface area (Å²) in [6, 6.07) is 14.3. The minimum absolute atomic E-state index is 0.0329. The second-order valence-electron chi connectivity index (χ2n) is 8.45. The molecular weight excluding hydrogens is 464 g/mol. The van der Waals surface area contributed by atoms with E-state index in [1.807, 2.05) is 42.7 Å². The van der Waals surface area contributed by atoms with E-state index < -0.39 is 17.9 Å². The third kappa shape index (κ3) is 4.92. The van der Waals surface area contributed by atoms with E-state index in [9.17, 15) is 19.5 Å². The Labute approximate surface area is 206 Å². The van der Waals surface area contributed by atoms with E-state index in [-0.39, 0.29) is 28.8 Å². The average Bonchev–Trinajstić information content (AvgIpc) is 3.21. The molecule has 0 bridgehead atoms. The molecular formula is C26H24N4O6. The second-order valence-corrected chi connectivity index (χ2v) is 8.45. The first kappa shape index (κ1) is 24.5. The molecule has 0 saturated carbocycles. The molecule has 4 aromatic rings. The van der Waals surface area contributed by atoms with Crippen molar-refractivity contribution in [1.82, 2.24) is 19.7 Å². The highest BCUT2D eigenvalue weighted by Crippen LogP contribution is 2.33. The van der Waals surface area contributed by atoms with Gasteiger partial charge < -0.3 is 19.1 Å². The quantitative estimate of drug-likeness (QED) is 0.380. The number of aromatic nitrogens is 4. The topological polar surface area (TPSA) is 133 Å². The molecule has 0 fully saturated rings. The molecule has 184 valence electrons. The molecule has 4 rings (SSSR count). The maximum Gasteiger partial charge on any atom is 0.336 e. The highest BCUT2D eigenvalue weighted by atomic mass is 16.6. The molecule has 10 heteroatoms. The van der Waals surface area contributed by atoms with Crippen LogP contribution in [0, 0.1) is 0 Å². The van der Waals surface area contributed by atoms with Crippen LogP contribution >= 0.6 is 0 Å². The van der Waals surface area contributed by atoms with Crippen LogP contribution in [0.15, 0.2) is 48.5 Å². The van der Waals surface area contributed by atoms with Gasteiger partial charge in [-0.25, -0.2) is 9.78 Å². The Balaban J connectivity index is 1.81. The number of rotatable bonds is 7. The van der Waals surface area contributed by atoms with Crippen LogP contribution in [0.4, 0.5) is 0 Å². The lowest BCUT2D eigenvalue weighted by Gasteiger charge is -2.13. The number of carboxylic acids is 1. The SMILES string of the molecule is CC(=O)Oc1nnc(OC(C)=O)c2c1nc(C(C)C)n2Cc1ccc(-c2ccccc2C(=O)O)cc1. The summed E-state index contributed by atoms with van der Waals surface area (Å²) in [4.78, 5) is 39.6. The first-order valence-corrected chi connectivity index (χ1v) is 11.2. The maximum atomic E-state index is 11.7. The van der Waals surface area contributed by atoms with Crippen molar-refractivity contribution >= 4 is 28.9 Å². The number of esters is 2. The predicted molar refractivity (Wildman–Crippen MR) is 130 cm³/mol. The summed E-state index contributed by atoms with van der Waals surface area (Å²) in [7, 11) is 0. The van der Waals surface area contributed by atoms with Gasteiger partial charge >= 0.3 is 17.9 Å². The molecule has 2 heterocycles. The summed E-state index contributed by atoms with van der Waals surface area (Å²) in [5.74, 6) is -1.65. The largest absolute Gasteiger partial charge is 0.478 e. The zero-order valence-electron chi connectivity index (χ0n) is 20.2. The fraction of sp³-hybridized carbons (Fsp3) is 0.231. The van der Waals surface area contributed by atoms with E-state index in [1.165, 1.54) is 13.8 Å². The van der Waals surface area contributed by atoms with Crippen molar-refractivity contribution < 1.29 is 29.0 Å². The number of imidazole rings is 1. The normalized spacial score (nSPS) is 11.0. The number of hydrogen-bond acceptors (Lipinski definition) is 8. The Hall–Kier alpha value is -4.60. The van der Waals surface area contributed by atoms with Crippen molar-refractivity contribution in [2.45, 2.75) is 40.2 Å². The molecule has 0 atom stereocenters. The van der Waals surface area contributed by atoms with E-state index in [2.05, 4.69) is 15.2 Å². The second kappa shape index (κ2) is 9.95. The smallest absolute Gasteiger partial charge is 0.336 e. The van der Waals surface area contributed by atoms with Gasteiger partial charge in [0.25, 0.3) is 11.8 Å². The number of carbonyl (C=O) groups is 3. The number of ether oxygens (including phenoxy) is 2. The summed E-state index contributed by atoms with van der Waals surface area (Å²) in [5.41, 5.74) is 3.11. The Kier molecular flexibility index (Phi) is 6.77. The van der Waals surface area contributed by atoms with E-state index in [0.717, 1.165) is 11.1 Å². The summed E-state index contributed by atoms with van der Waals surface area (Å²) in [5, 5.41) is 17.4. The van der Waals surface area contributed by atoms with Crippen molar-refractivity contribution in [2.24, 2.45) is 0 Å². The molecule has 36 heavy (non-hydrogen) atoms. The molecule has 0 aliphatic rings. The lowest BCUT2D eigenvalue weighted by molar-refractivity contribution is -0.133. The molecule has 0 amide bonds. The number of carboxylic acid groups (broad SMARTS) is 1. The number of benzene rings is 2. The number of hydrogen-bond donors (Lipinski definition) is 1. The van der Waals surface area contributed by atoms with E-state index >= 15 is 0 Å². The average molecular weight is 489 g/mol. The minimum atomic E-state index is -0.996. The Morgan fingerprint density at radius 1 is 0.917 bits per heavy atom. The monoisotopic (exact) mass is 488 g/mol. The van der Waals surface area contributed by atoms with Crippen LogP contribution in [-0.4, -0.2) is 42.8 Å². The van der Waals surface area contributed by atoms with Gasteiger partial charge in [-0.05, 0) is 22.8 Å². The molecule has 0 saturated heterocycles. The summed E-state index contributed by atoms with van der Waals surface area (Å²) in [6.07, 6.45) is 0. The van der Waals surface area contributed by atoms with Gasteiger partial charge in [0.05, 0.1) is 5.56 Å². The lowest BCUT2D eigenvalue weighted by Crippen LogP contribution is -2.11. The number of nitrogens with zero attached hydrogens (tertiary/aromatic N) is 4. The number of aromatic carboxylic acids is 1. The molecule has 10 nitrogen and oxygen atoms in total. The molecule has 2 aromatic heterocycles. The molecule has 0 unspecified atom stereocenters. The van der Waals surface area contributed by atoms with Gasteiger partial charge in [0.15, 0.2) is 5.52 Å². The summed E-state index contributed by atoms with van der Waals surface area (Å²) >= 11 is 0. The third-order valence-electron chi connectivity index (χ3n) is 5.39. The lowest BCUT2D eigenvalue weighted by atomic mass is 9.98. The van der Waals surface area contributed by atoms with Gasteiger partial charge in [-0.15, -0.1) is 10.2 Å². The van der Waals surface area contributed by atoms with E-state index in [0.29, 0.717) is 23.4 Å². The molecule has 2 aromatic carbocycles. The zero-order chi connectivity index (χ0) is 26.0. The number of fused-ring (bicyclic) bond motifs is 1. The van der Waals surface area contributed by atoms with Gasteiger partial charge in [0.2, 0.25) is 0 Å². The predicted octanol–water partition coefficient (Wildman–Crippen LogP) is 4.21. The van der Waals surface area contributed by atoms with Gasteiger partial charge in [-0.3, -0.25) is 9.59 Å². The zero-order valence-corrected chi connectivity index (χ0v) is 20.2. The van der Waals surface area contributed by atoms with Gasteiger partial charge in [-0.2, -0.15) is 0 Å². The van der Waals surface area contributed by atoms with Crippen LogP contribution in [0.25, 0.3) is 22.2 Å². The molecule has 0 radical (unpaired) electrons. The Morgan fingerprint density at radius 2 is 1.53 bits per heavy atom.